The van der Waals surface area contributed by atoms with E-state index in [1.807, 2.05) is 0 Å². The monoisotopic (exact) mass is 288 g/mol. The van der Waals surface area contributed by atoms with Crippen molar-refractivity contribution in [2.75, 3.05) is 23.5 Å². The summed E-state index contributed by atoms with van der Waals surface area (Å²) in [7, 11) is -1.84. The van der Waals surface area contributed by atoms with Crippen LogP contribution in [0.3, 0.4) is 0 Å². The molecule has 0 saturated carbocycles. The Labute approximate surface area is 108 Å². The van der Waals surface area contributed by atoms with E-state index < -0.39 is 10.0 Å². The number of hydrogen-bond donors (Lipinski definition) is 3. The van der Waals surface area contributed by atoms with Gasteiger partial charge in [0.1, 0.15) is 11.3 Å². The van der Waals surface area contributed by atoms with Crippen LogP contribution in [0, 0.1) is 0 Å². The van der Waals surface area contributed by atoms with E-state index >= 15 is 0 Å². The van der Waals surface area contributed by atoms with Gasteiger partial charge in [-0.25, -0.2) is 19.2 Å². The van der Waals surface area contributed by atoms with Gasteiger partial charge in [-0.2, -0.15) is 0 Å². The smallest absolute Gasteiger partial charge is 0.229 e. The summed E-state index contributed by atoms with van der Waals surface area (Å²) in [5.74, 6) is 5.77. The molecule has 0 amide bonds. The van der Waals surface area contributed by atoms with Crippen LogP contribution in [0.15, 0.2) is 12.1 Å². The Morgan fingerprint density at radius 2 is 2.17 bits per heavy atom. The lowest BCUT2D eigenvalue weighted by Gasteiger charge is -2.06. The largest absolute Gasteiger partial charge is 0.494 e. The molecule has 4 N–H and O–H groups in total. The second-order valence-electron chi connectivity index (χ2n) is 3.56. The summed E-state index contributed by atoms with van der Waals surface area (Å²) < 4.78 is 30.8. The summed E-state index contributed by atoms with van der Waals surface area (Å²) in [6.07, 6.45) is 1.09. The van der Waals surface area contributed by atoms with Crippen LogP contribution < -0.4 is 20.7 Å². The molecule has 18 heavy (non-hydrogen) atoms. The highest BCUT2D eigenvalue weighted by Crippen LogP contribution is 2.35. The first-order chi connectivity index (χ1) is 8.43. The van der Waals surface area contributed by atoms with E-state index in [0.29, 0.717) is 22.1 Å². The molecule has 9 heteroatoms. The van der Waals surface area contributed by atoms with Crippen LogP contribution in [-0.2, 0) is 10.0 Å². The van der Waals surface area contributed by atoms with Gasteiger partial charge in [0.2, 0.25) is 10.0 Å². The van der Waals surface area contributed by atoms with Crippen LogP contribution in [0.25, 0.3) is 10.2 Å². The number of ether oxygens (including phenoxy) is 1. The van der Waals surface area contributed by atoms with Crippen molar-refractivity contribution in [1.82, 2.24) is 4.98 Å². The molecular formula is C9H12N4O3S2. The number of thiazole rings is 1. The third kappa shape index (κ3) is 2.63. The van der Waals surface area contributed by atoms with E-state index in [-0.39, 0.29) is 0 Å². The quantitative estimate of drug-likeness (QED) is 0.571. The maximum Gasteiger partial charge on any atom is 0.229 e. The van der Waals surface area contributed by atoms with Crippen molar-refractivity contribution < 1.29 is 13.2 Å². The highest BCUT2D eigenvalue weighted by molar-refractivity contribution is 7.92. The number of nitrogens with two attached hydrogens (primary N) is 1. The van der Waals surface area contributed by atoms with E-state index in [1.165, 1.54) is 18.4 Å². The fourth-order valence-corrected chi connectivity index (χ4v) is 2.87. The van der Waals surface area contributed by atoms with Crippen LogP contribution in [-0.4, -0.2) is 26.8 Å². The fourth-order valence-electron chi connectivity index (χ4n) is 1.49. The minimum Gasteiger partial charge on any atom is -0.494 e. The number of benzene rings is 1. The first-order valence-electron chi connectivity index (χ1n) is 4.86. The second kappa shape index (κ2) is 4.59. The van der Waals surface area contributed by atoms with Crippen molar-refractivity contribution in [1.29, 1.82) is 0 Å². The number of methoxy groups -OCH3 is 1. The molecule has 0 fully saturated rings. The molecule has 1 aromatic heterocycles. The standard InChI is InChI=1S/C9H12N4O3S2/c1-16-6-3-5(13-18(2,14)15)4-7-8(6)11-9(12-10)17-7/h3-4,13H,10H2,1-2H3,(H,11,12). The molecule has 0 aliphatic heterocycles. The molecule has 7 nitrogen and oxygen atoms in total. The van der Waals surface area contributed by atoms with Gasteiger partial charge in [-0.15, -0.1) is 0 Å². The highest BCUT2D eigenvalue weighted by atomic mass is 32.2. The molecule has 2 aromatic rings. The summed E-state index contributed by atoms with van der Waals surface area (Å²) in [6.45, 7) is 0. The number of rotatable bonds is 4. The average molecular weight is 288 g/mol. The van der Waals surface area contributed by atoms with Crippen molar-refractivity contribution in [3.05, 3.63) is 12.1 Å². The first-order valence-corrected chi connectivity index (χ1v) is 7.56. The Hall–Kier alpha value is -1.58. The van der Waals surface area contributed by atoms with Crippen molar-refractivity contribution in [3.63, 3.8) is 0 Å². The average Bonchev–Trinajstić information content (AvgIpc) is 2.68. The van der Waals surface area contributed by atoms with Crippen LogP contribution in [0.5, 0.6) is 5.75 Å². The third-order valence-corrected chi connectivity index (χ3v) is 3.65. The molecule has 0 radical (unpaired) electrons. The summed E-state index contributed by atoms with van der Waals surface area (Å²) in [5.41, 5.74) is 3.51. The van der Waals surface area contributed by atoms with Gasteiger partial charge in [-0.1, -0.05) is 11.3 Å². The Morgan fingerprint density at radius 3 is 2.72 bits per heavy atom. The van der Waals surface area contributed by atoms with Gasteiger partial charge < -0.3 is 4.74 Å². The van der Waals surface area contributed by atoms with Crippen molar-refractivity contribution in [2.24, 2.45) is 5.84 Å². The summed E-state index contributed by atoms with van der Waals surface area (Å²) in [5, 5.41) is 0.528. The molecule has 1 heterocycles. The van der Waals surface area contributed by atoms with Crippen molar-refractivity contribution in [3.8, 4) is 5.75 Å². The Bertz CT molecular complexity index is 680. The maximum absolute atomic E-state index is 11.2. The number of hydrogen-bond acceptors (Lipinski definition) is 7. The van der Waals surface area contributed by atoms with Crippen LogP contribution in [0.2, 0.25) is 0 Å². The van der Waals surface area contributed by atoms with Crippen LogP contribution >= 0.6 is 11.3 Å². The molecule has 0 aliphatic carbocycles. The molecular weight excluding hydrogens is 276 g/mol. The minimum absolute atomic E-state index is 0.425. The molecule has 1 aromatic carbocycles. The van der Waals surface area contributed by atoms with Gasteiger partial charge in [0.05, 0.1) is 23.8 Å². The third-order valence-electron chi connectivity index (χ3n) is 2.11. The number of nitrogen functional groups attached to an aromatic ring is 1. The lowest BCUT2D eigenvalue weighted by Crippen LogP contribution is -2.09. The Morgan fingerprint density at radius 1 is 1.44 bits per heavy atom. The molecule has 0 atom stereocenters. The summed E-state index contributed by atoms with van der Waals surface area (Å²) in [4.78, 5) is 4.22. The number of nitrogens with one attached hydrogen (secondary N) is 2. The zero-order chi connectivity index (χ0) is 13.3. The van der Waals surface area contributed by atoms with Crippen molar-refractivity contribution in [2.45, 2.75) is 0 Å². The summed E-state index contributed by atoms with van der Waals surface area (Å²) >= 11 is 1.30. The highest BCUT2D eigenvalue weighted by Gasteiger charge is 2.12. The van der Waals surface area contributed by atoms with E-state index in [9.17, 15) is 8.42 Å². The molecule has 0 bridgehead atoms. The normalized spacial score (nSPS) is 11.5. The number of hydrazine groups is 1. The SMILES string of the molecule is COc1cc(NS(C)(=O)=O)cc2sc(NN)nc12. The first kappa shape index (κ1) is 12.9. The molecule has 0 aliphatic rings. The van der Waals surface area contributed by atoms with E-state index in [2.05, 4.69) is 15.1 Å². The lowest BCUT2D eigenvalue weighted by atomic mass is 10.3. The minimum atomic E-state index is -3.33. The van der Waals surface area contributed by atoms with Gasteiger partial charge in [-0.3, -0.25) is 10.1 Å². The van der Waals surface area contributed by atoms with E-state index in [4.69, 9.17) is 10.6 Å². The second-order valence-corrected chi connectivity index (χ2v) is 6.34. The van der Waals surface area contributed by atoms with Gasteiger partial charge in [0.15, 0.2) is 5.13 Å². The zero-order valence-electron chi connectivity index (χ0n) is 9.72. The number of sulfonamides is 1. The van der Waals surface area contributed by atoms with Crippen LogP contribution in [0.4, 0.5) is 10.8 Å². The van der Waals surface area contributed by atoms with Gasteiger partial charge in [-0.05, 0) is 6.07 Å². The Balaban J connectivity index is 2.58. The number of anilines is 2. The molecule has 0 spiro atoms. The molecule has 0 saturated heterocycles. The fraction of sp³-hybridized carbons (Fsp3) is 0.222. The molecule has 98 valence electrons. The predicted octanol–water partition coefficient (Wildman–Crippen LogP) is 0.962. The Kier molecular flexibility index (Phi) is 3.28. The van der Waals surface area contributed by atoms with Crippen LogP contribution in [0.1, 0.15) is 0 Å². The van der Waals surface area contributed by atoms with E-state index in [0.717, 1.165) is 11.0 Å². The summed E-state index contributed by atoms with van der Waals surface area (Å²) in [6, 6.07) is 3.25. The molecule has 0 unspecified atom stereocenters. The lowest BCUT2D eigenvalue weighted by molar-refractivity contribution is 0.419. The number of aromatic nitrogens is 1. The van der Waals surface area contributed by atoms with E-state index in [1.54, 1.807) is 12.1 Å². The maximum atomic E-state index is 11.2. The zero-order valence-corrected chi connectivity index (χ0v) is 11.4. The van der Waals surface area contributed by atoms with Gasteiger partial charge in [0.25, 0.3) is 0 Å². The topological polar surface area (TPSA) is 106 Å². The van der Waals surface area contributed by atoms with Gasteiger partial charge >= 0.3 is 0 Å². The number of fused-ring (bicyclic) bond motifs is 1. The predicted molar refractivity (Wildman–Crippen MR) is 72.4 cm³/mol. The molecule has 2 rings (SSSR count). The van der Waals surface area contributed by atoms with Crippen molar-refractivity contribution >= 4 is 42.4 Å². The van der Waals surface area contributed by atoms with Gasteiger partial charge in [0, 0.05) is 6.07 Å². The number of nitrogens with zero attached hydrogens (tertiary/aromatic N) is 1.